The largest absolute Gasteiger partial charge is 0.493 e. The number of fused-ring (bicyclic) bond motifs is 3. The van der Waals surface area contributed by atoms with Crippen molar-refractivity contribution < 1.29 is 79.0 Å². The van der Waals surface area contributed by atoms with Gasteiger partial charge < -0.3 is 79.7 Å². The maximum atomic E-state index is 15.1. The molecule has 40 heteroatoms. The van der Waals surface area contributed by atoms with Crippen molar-refractivity contribution in [3.63, 3.8) is 0 Å². The Morgan fingerprint density at radius 3 is 1.81 bits per heavy atom. The molecule has 0 spiro atoms. The number of H-pyrrole nitrogens is 1. The third kappa shape index (κ3) is 24.3. The minimum Gasteiger partial charge on any atom is -0.493 e. The van der Waals surface area contributed by atoms with E-state index >= 15 is 4.39 Å². The average molecular weight is 2010 g/mol. The van der Waals surface area contributed by atoms with E-state index in [0.717, 1.165) is 107 Å². The van der Waals surface area contributed by atoms with E-state index < -0.39 is 57.9 Å². The number of nitrogens with one attached hydrogen (secondary N) is 5. The number of carbonyl (C=O) groups excluding carboxylic acids is 3. The van der Waals surface area contributed by atoms with Crippen molar-refractivity contribution in [3.8, 4) is 85.8 Å². The third-order valence-corrected chi connectivity index (χ3v) is 24.2. The number of amides is 3. The zero-order valence-electron chi connectivity index (χ0n) is 80.0. The summed E-state index contributed by atoms with van der Waals surface area (Å²) in [5, 5.41) is 27.1. The number of methoxy groups -OCH3 is 2. The number of nitrogens with two attached hydrogens (primary N) is 1. The number of halogens is 7. The number of aliphatic hydroxyl groups is 1. The molecular weight excluding hydrogens is 1910 g/mol. The van der Waals surface area contributed by atoms with Gasteiger partial charge in [0.15, 0.2) is 69.0 Å². The van der Waals surface area contributed by atoms with Crippen molar-refractivity contribution >= 4 is 91.3 Å². The fourth-order valence-electron chi connectivity index (χ4n) is 16.2. The number of aryl methyl sites for hydroxylation is 1. The summed E-state index contributed by atoms with van der Waals surface area (Å²) in [6.45, 7) is 14.3. The molecule has 3 amide bonds. The zero-order chi connectivity index (χ0) is 103. The summed E-state index contributed by atoms with van der Waals surface area (Å²) in [5.41, 5.74) is 12.2. The van der Waals surface area contributed by atoms with Crippen LogP contribution in [-0.2, 0) is 6.54 Å². The molecule has 2 aliphatic rings. The molecule has 9 aromatic heterocycles. The van der Waals surface area contributed by atoms with Gasteiger partial charge in [0.1, 0.15) is 68.4 Å². The summed E-state index contributed by atoms with van der Waals surface area (Å²) in [4.78, 5) is 102. The Bertz CT molecular complexity index is 7720. The molecule has 750 valence electrons. The lowest BCUT2D eigenvalue weighted by Gasteiger charge is -2.32. The Morgan fingerprint density at radius 2 is 1.17 bits per heavy atom. The summed E-state index contributed by atoms with van der Waals surface area (Å²) in [7, 11) is 5.24. The van der Waals surface area contributed by atoms with E-state index in [1.165, 1.54) is 197 Å². The van der Waals surface area contributed by atoms with Gasteiger partial charge in [-0.15, -0.1) is 0 Å². The van der Waals surface area contributed by atoms with Gasteiger partial charge in [0.25, 0.3) is 28.8 Å². The molecule has 8 N–H and O–H groups in total. The number of likely N-dealkylation sites (N-methyl/N-ethyl adjacent to an activating group) is 1. The zero-order valence-corrected chi connectivity index (χ0v) is 80.7. The van der Waals surface area contributed by atoms with E-state index in [2.05, 4.69) is 120 Å². The molecular formula is C106H99ClF6N20O13. The fraction of sp³-hybridized carbons (Fsp3) is 0.217. The molecule has 146 heavy (non-hydrogen) atoms. The molecule has 1 aliphatic heterocycles. The Labute approximate surface area is 836 Å². The highest BCUT2D eigenvalue weighted by atomic mass is 35.5. The maximum absolute atomic E-state index is 15.1. The Hall–Kier alpha value is -17.0. The second kappa shape index (κ2) is 46.8. The van der Waals surface area contributed by atoms with Gasteiger partial charge in [-0.3, -0.25) is 43.0 Å². The second-order valence-corrected chi connectivity index (χ2v) is 34.1. The van der Waals surface area contributed by atoms with Crippen molar-refractivity contribution in [3.05, 3.63) is 333 Å². The molecule has 0 radical (unpaired) electrons. The van der Waals surface area contributed by atoms with Crippen LogP contribution in [0.1, 0.15) is 108 Å². The van der Waals surface area contributed by atoms with Crippen LogP contribution in [0.3, 0.4) is 0 Å². The fourth-order valence-corrected chi connectivity index (χ4v) is 16.4. The molecule has 1 saturated carbocycles. The van der Waals surface area contributed by atoms with E-state index in [9.17, 15) is 51.0 Å². The van der Waals surface area contributed by atoms with Gasteiger partial charge in [-0.05, 0) is 210 Å². The summed E-state index contributed by atoms with van der Waals surface area (Å²) in [6.07, 6.45) is 20.0. The molecule has 8 aromatic carbocycles. The number of hydrogen-bond donors (Lipinski definition) is 7. The smallest absolute Gasteiger partial charge is 0.280 e. The number of anilines is 5. The predicted octanol–water partition coefficient (Wildman–Crippen LogP) is 20.0. The minimum atomic E-state index is -0.821. The first-order valence-electron chi connectivity index (χ1n) is 46.5. The number of aliphatic hydroxyl groups excluding tert-OH is 1. The number of nitrogens with zero attached hydrogens (tertiary/aromatic N) is 14. The number of ether oxygens (including phenoxy) is 7. The van der Waals surface area contributed by atoms with Crippen molar-refractivity contribution in [1.82, 2.24) is 73.2 Å². The SMILES string of the molecule is CCCCNc1ncc2c(-c3ccc(CN4CCN(C)CC4)cc3)cn(C3CCC(O)CC3)c2n1.CCOc1ccn(-c2ccc(F)cc2)c(=O)c1C(=O)Nc1ccc(Oc2ccnc(N)c2Cl)c(F)c1.CCOc1cn(-c2ccc(F)cc2C)nc1C(=O)Nc1ccc(Oc2ccnc3cc(OC)c(OC)cc23)c(F)c1.O=C(Nc1ccc(Oc2ncnc3nc[nH]c23)c(F)c1)c1cccn(-c2ccc(F)cc2)c1=O. The van der Waals surface area contributed by atoms with E-state index in [1.54, 1.807) is 57.4 Å². The standard InChI is InChI=1S/C30H26F2N4O5.C28H40N6O.C25H19ClF2N4O4.C23H14F2N6O3/c1-5-40-28-16-36(23-8-6-18(31)12-17(23)2)35-29(28)30(37)34-19-7-9-25(21(32)13-19)41-24-10-11-33-22-15-27(39-4)26(38-3)14-20(22)24;1-3-4-13-29-28-30-18-25-26(20-34(27(25)31-28)23-9-11-24(35)12-10-23)22-7-5-21(6-8-22)19-33-16-14-32(2)15-17-33;1-2-35-19-10-12-32(16-6-3-14(27)4-7-16)25(34)21(19)24(33)31-15-5-8-18(17(28)13-15)36-20-9-11-30-23(29)22(20)26;24-13-3-6-15(7-4-13)31-9-1-2-16(23(31)33)21(32)30-14-5-8-18(17(25)10-14)34-22-19-20(27-11-26-19)28-12-29-22/h6-16H,5H2,1-4H3,(H,34,37);5-8,18,20,23-24,35H,3-4,9-17,19H2,1-2H3,(H,29,30,31);3-13H,2H2,1H3,(H2,29,30)(H,31,33);1-12H,(H,30,32)(H,26,27,28,29). The summed E-state index contributed by atoms with van der Waals surface area (Å²) < 4.78 is 129. The van der Waals surface area contributed by atoms with Crippen LogP contribution in [0.2, 0.25) is 5.02 Å². The van der Waals surface area contributed by atoms with Gasteiger partial charge in [0, 0.05) is 158 Å². The maximum Gasteiger partial charge on any atom is 0.280 e. The highest BCUT2D eigenvalue weighted by molar-refractivity contribution is 6.34. The van der Waals surface area contributed by atoms with Crippen molar-refractivity contribution in [1.29, 1.82) is 0 Å². The molecule has 2 fully saturated rings. The number of unbranched alkanes of at least 4 members (excludes halogenated alkanes) is 1. The van der Waals surface area contributed by atoms with Crippen LogP contribution in [0, 0.1) is 41.8 Å². The Morgan fingerprint density at radius 1 is 0.568 bits per heavy atom. The first kappa shape index (κ1) is 102. The number of imidazole rings is 1. The van der Waals surface area contributed by atoms with Crippen molar-refractivity contribution in [2.24, 2.45) is 0 Å². The number of hydrogen-bond acceptors (Lipinski definition) is 25. The number of carbonyl (C=O) groups is 3. The quantitative estimate of drug-likeness (QED) is 0.0169. The van der Waals surface area contributed by atoms with Gasteiger partial charge in [-0.1, -0.05) is 49.2 Å². The highest BCUT2D eigenvalue weighted by Crippen LogP contribution is 2.42. The van der Waals surface area contributed by atoms with Crippen LogP contribution in [0.5, 0.6) is 57.6 Å². The van der Waals surface area contributed by atoms with Crippen LogP contribution in [0.4, 0.5) is 55.2 Å². The van der Waals surface area contributed by atoms with Crippen LogP contribution in [0.25, 0.3) is 61.3 Å². The van der Waals surface area contributed by atoms with E-state index in [4.69, 9.17) is 55.5 Å². The molecule has 1 saturated heterocycles. The molecule has 0 bridgehead atoms. The summed E-state index contributed by atoms with van der Waals surface area (Å²) >= 11 is 6.03. The predicted molar refractivity (Wildman–Crippen MR) is 541 cm³/mol. The lowest BCUT2D eigenvalue weighted by atomic mass is 9.93. The van der Waals surface area contributed by atoms with Gasteiger partial charge in [0.05, 0.1) is 57.3 Å². The van der Waals surface area contributed by atoms with Crippen molar-refractivity contribution in [2.75, 3.05) is 94.2 Å². The molecule has 0 atom stereocenters. The molecule has 17 aromatic rings. The average Bonchev–Trinajstić information content (AvgIpc) is 1.59. The van der Waals surface area contributed by atoms with Crippen LogP contribution >= 0.6 is 11.6 Å². The van der Waals surface area contributed by atoms with E-state index in [0.29, 0.717) is 73.9 Å². The lowest BCUT2D eigenvalue weighted by molar-refractivity contribution is 0.101. The topological polar surface area (TPSA) is 389 Å². The number of benzene rings is 8. The minimum absolute atomic E-state index is 0.0102. The summed E-state index contributed by atoms with van der Waals surface area (Å²) in [5.74, 6) is -3.58. The molecule has 0 unspecified atom stereocenters. The second-order valence-electron chi connectivity index (χ2n) is 33.7. The third-order valence-electron chi connectivity index (χ3n) is 23.8. The molecule has 10 heterocycles. The summed E-state index contributed by atoms with van der Waals surface area (Å²) in [6, 6.07) is 46.3. The number of aromatic amines is 1. The van der Waals surface area contributed by atoms with Crippen LogP contribution < -0.4 is 71.3 Å². The Kier molecular flexibility index (Phi) is 32.7. The van der Waals surface area contributed by atoms with Gasteiger partial charge in [-0.2, -0.15) is 15.1 Å². The molecule has 1 aliphatic carbocycles. The first-order valence-corrected chi connectivity index (χ1v) is 46.9. The van der Waals surface area contributed by atoms with Gasteiger partial charge in [-0.25, -0.2) is 51.0 Å². The number of piperazine rings is 1. The number of nitrogen functional groups attached to an aromatic ring is 1. The van der Waals surface area contributed by atoms with Gasteiger partial charge >= 0.3 is 0 Å². The normalized spacial score (nSPS) is 13.5. The number of pyridine rings is 4. The number of rotatable bonds is 29. The highest BCUT2D eigenvalue weighted by Gasteiger charge is 2.29. The molecule has 33 nitrogen and oxygen atoms in total. The van der Waals surface area contributed by atoms with E-state index in [-0.39, 0.29) is 110 Å². The van der Waals surface area contributed by atoms with Crippen LogP contribution in [0.15, 0.2) is 254 Å². The first-order chi connectivity index (χ1) is 70.7. The number of aromatic nitrogens is 13. The molecule has 19 rings (SSSR count). The van der Waals surface area contributed by atoms with Crippen molar-refractivity contribution in [2.45, 2.75) is 84.9 Å². The van der Waals surface area contributed by atoms with Crippen LogP contribution in [-0.4, -0.2) is 169 Å². The lowest BCUT2D eigenvalue weighted by Crippen LogP contribution is -2.43. The Balaban J connectivity index is 0.000000140. The monoisotopic (exact) mass is 2010 g/mol. The van der Waals surface area contributed by atoms with Gasteiger partial charge in [0.2, 0.25) is 11.8 Å². The van der Waals surface area contributed by atoms with E-state index in [1.807, 2.05) is 6.20 Å².